The molecule has 0 aromatic carbocycles. The Labute approximate surface area is 88.5 Å². The summed E-state index contributed by atoms with van der Waals surface area (Å²) in [5.74, 6) is -0.304. The largest absolute Gasteiger partial charge is 0.481 e. The van der Waals surface area contributed by atoms with Gasteiger partial charge in [-0.05, 0) is 12.8 Å². The monoisotopic (exact) mass is 212 g/mol. The Morgan fingerprint density at radius 3 is 2.93 bits per heavy atom. The molecule has 0 fully saturated rings. The van der Waals surface area contributed by atoms with Gasteiger partial charge >= 0.3 is 5.97 Å². The molecule has 0 spiro atoms. The second-order valence-corrected chi connectivity index (χ2v) is 3.67. The highest BCUT2D eigenvalue weighted by atomic mass is 16.4. The molecule has 0 aliphatic rings. The molecule has 1 aromatic heterocycles. The fourth-order valence-corrected chi connectivity index (χ4v) is 1.33. The molecular weight excluding hydrogens is 196 g/mol. The van der Waals surface area contributed by atoms with Crippen molar-refractivity contribution in [3.8, 4) is 0 Å². The molecule has 0 bridgehead atoms. The molecule has 1 rings (SSSR count). The molecule has 1 atom stereocenters. The van der Waals surface area contributed by atoms with E-state index >= 15 is 0 Å². The zero-order valence-corrected chi connectivity index (χ0v) is 8.85. The average molecular weight is 212 g/mol. The zero-order valence-electron chi connectivity index (χ0n) is 8.85. The lowest BCUT2D eigenvalue weighted by Gasteiger charge is -2.04. The van der Waals surface area contributed by atoms with Gasteiger partial charge in [0, 0.05) is 6.42 Å². The fourth-order valence-electron chi connectivity index (χ4n) is 1.33. The van der Waals surface area contributed by atoms with E-state index in [9.17, 15) is 4.79 Å². The van der Waals surface area contributed by atoms with Gasteiger partial charge in [0.1, 0.15) is 0 Å². The van der Waals surface area contributed by atoms with Crippen LogP contribution in [0.15, 0.2) is 10.8 Å². The summed E-state index contributed by atoms with van der Waals surface area (Å²) in [5.41, 5.74) is 0. The summed E-state index contributed by atoms with van der Waals surface area (Å²) >= 11 is 0. The van der Waals surface area contributed by atoms with Gasteiger partial charge in [0.2, 0.25) is 12.3 Å². The highest BCUT2D eigenvalue weighted by Gasteiger charge is 2.09. The number of unbranched alkanes of at least 4 members (excludes halogenated alkanes) is 2. The Hall–Kier alpha value is -1.39. The highest BCUT2D eigenvalue weighted by molar-refractivity contribution is 5.69. The van der Waals surface area contributed by atoms with Crippen LogP contribution in [0.4, 0.5) is 0 Å². The van der Waals surface area contributed by atoms with E-state index < -0.39 is 5.97 Å². The molecule has 1 heterocycles. The number of hydrogen-bond acceptors (Lipinski definition) is 4. The Balaban J connectivity index is 2.00. The molecule has 0 radical (unpaired) electrons. The SMILES string of the molecule is CC(CCCCCc1nnco1)C(=O)O. The van der Waals surface area contributed by atoms with Gasteiger partial charge < -0.3 is 9.52 Å². The molecule has 1 aromatic rings. The number of rotatable bonds is 7. The fraction of sp³-hybridized carbons (Fsp3) is 0.700. The van der Waals surface area contributed by atoms with E-state index in [1.807, 2.05) is 0 Å². The first-order valence-electron chi connectivity index (χ1n) is 5.18. The molecule has 84 valence electrons. The summed E-state index contributed by atoms with van der Waals surface area (Å²) in [6.07, 6.45) is 5.73. The Morgan fingerprint density at radius 2 is 2.33 bits per heavy atom. The Bertz CT molecular complexity index is 285. The summed E-state index contributed by atoms with van der Waals surface area (Å²) in [4.78, 5) is 10.5. The predicted octanol–water partition coefficient (Wildman–Crippen LogP) is 1.89. The molecule has 0 amide bonds. The van der Waals surface area contributed by atoms with Crippen LogP contribution in [0.2, 0.25) is 0 Å². The molecule has 0 saturated heterocycles. The van der Waals surface area contributed by atoms with E-state index in [2.05, 4.69) is 10.2 Å². The third-order valence-corrected chi connectivity index (χ3v) is 2.35. The molecule has 0 aliphatic carbocycles. The molecule has 5 nitrogen and oxygen atoms in total. The van der Waals surface area contributed by atoms with Crippen LogP contribution in [-0.4, -0.2) is 21.3 Å². The van der Waals surface area contributed by atoms with Crippen molar-refractivity contribution in [1.29, 1.82) is 0 Å². The lowest BCUT2D eigenvalue weighted by Crippen LogP contribution is -2.08. The van der Waals surface area contributed by atoms with Crippen LogP contribution in [0.25, 0.3) is 0 Å². The van der Waals surface area contributed by atoms with Gasteiger partial charge in [-0.15, -0.1) is 10.2 Å². The number of aliphatic carboxylic acids is 1. The van der Waals surface area contributed by atoms with Crippen LogP contribution in [0.1, 0.15) is 38.5 Å². The van der Waals surface area contributed by atoms with Gasteiger partial charge in [0.15, 0.2) is 0 Å². The summed E-state index contributed by atoms with van der Waals surface area (Å²) < 4.78 is 4.98. The molecule has 15 heavy (non-hydrogen) atoms. The Kier molecular flexibility index (Phi) is 4.80. The van der Waals surface area contributed by atoms with E-state index in [4.69, 9.17) is 9.52 Å². The van der Waals surface area contributed by atoms with Crippen molar-refractivity contribution < 1.29 is 14.3 Å². The summed E-state index contributed by atoms with van der Waals surface area (Å²) in [6.45, 7) is 1.74. The molecule has 1 unspecified atom stereocenters. The second-order valence-electron chi connectivity index (χ2n) is 3.67. The average Bonchev–Trinajstić information content (AvgIpc) is 2.69. The number of aromatic nitrogens is 2. The summed E-state index contributed by atoms with van der Waals surface area (Å²) in [6, 6.07) is 0. The van der Waals surface area contributed by atoms with Crippen molar-refractivity contribution in [2.24, 2.45) is 5.92 Å². The maximum absolute atomic E-state index is 10.5. The smallest absolute Gasteiger partial charge is 0.306 e. The van der Waals surface area contributed by atoms with Gasteiger partial charge in [-0.3, -0.25) is 4.79 Å². The topological polar surface area (TPSA) is 76.2 Å². The van der Waals surface area contributed by atoms with Gasteiger partial charge in [0.25, 0.3) is 0 Å². The lowest BCUT2D eigenvalue weighted by atomic mass is 10.0. The van der Waals surface area contributed by atoms with Crippen LogP contribution in [0.3, 0.4) is 0 Å². The molecule has 0 aliphatic heterocycles. The van der Waals surface area contributed by atoms with Crippen LogP contribution in [-0.2, 0) is 11.2 Å². The quantitative estimate of drug-likeness (QED) is 0.698. The maximum atomic E-state index is 10.5. The Morgan fingerprint density at radius 1 is 1.53 bits per heavy atom. The van der Waals surface area contributed by atoms with Crippen molar-refractivity contribution in [1.82, 2.24) is 10.2 Å². The highest BCUT2D eigenvalue weighted by Crippen LogP contribution is 2.10. The predicted molar refractivity (Wildman–Crippen MR) is 53.3 cm³/mol. The van der Waals surface area contributed by atoms with Crippen LogP contribution >= 0.6 is 0 Å². The number of carboxylic acids is 1. The van der Waals surface area contributed by atoms with Crippen LogP contribution in [0, 0.1) is 5.92 Å². The minimum Gasteiger partial charge on any atom is -0.481 e. The van der Waals surface area contributed by atoms with Gasteiger partial charge in [-0.1, -0.05) is 19.8 Å². The number of aryl methyl sites for hydroxylation is 1. The van der Waals surface area contributed by atoms with Gasteiger partial charge in [-0.2, -0.15) is 0 Å². The number of nitrogens with zero attached hydrogens (tertiary/aromatic N) is 2. The van der Waals surface area contributed by atoms with Crippen molar-refractivity contribution in [2.75, 3.05) is 0 Å². The second kappa shape index (κ2) is 6.16. The van der Waals surface area contributed by atoms with Crippen molar-refractivity contribution in [3.05, 3.63) is 12.3 Å². The minimum atomic E-state index is -0.716. The first kappa shape index (κ1) is 11.7. The summed E-state index contributed by atoms with van der Waals surface area (Å²) in [7, 11) is 0. The van der Waals surface area contributed by atoms with Crippen LogP contribution in [0.5, 0.6) is 0 Å². The van der Waals surface area contributed by atoms with Crippen molar-refractivity contribution >= 4 is 5.97 Å². The van der Waals surface area contributed by atoms with Gasteiger partial charge in [-0.25, -0.2) is 0 Å². The first-order chi connectivity index (χ1) is 7.20. The van der Waals surface area contributed by atoms with E-state index in [0.29, 0.717) is 5.89 Å². The van der Waals surface area contributed by atoms with Crippen molar-refractivity contribution in [3.63, 3.8) is 0 Å². The minimum absolute atomic E-state index is 0.242. The number of carbonyl (C=O) groups is 1. The number of carboxylic acid groups (broad SMARTS) is 1. The summed E-state index contributed by atoms with van der Waals surface area (Å²) in [5, 5.41) is 16.0. The van der Waals surface area contributed by atoms with Crippen molar-refractivity contribution in [2.45, 2.75) is 39.0 Å². The number of hydrogen-bond donors (Lipinski definition) is 1. The normalized spacial score (nSPS) is 12.6. The van der Waals surface area contributed by atoms with E-state index in [0.717, 1.165) is 32.1 Å². The molecular formula is C10H16N2O3. The lowest BCUT2D eigenvalue weighted by molar-refractivity contribution is -0.141. The van der Waals surface area contributed by atoms with E-state index in [1.54, 1.807) is 6.92 Å². The molecule has 5 heteroatoms. The third-order valence-electron chi connectivity index (χ3n) is 2.35. The van der Waals surface area contributed by atoms with E-state index in [1.165, 1.54) is 6.39 Å². The van der Waals surface area contributed by atoms with Gasteiger partial charge in [0.05, 0.1) is 5.92 Å². The van der Waals surface area contributed by atoms with E-state index in [-0.39, 0.29) is 5.92 Å². The van der Waals surface area contributed by atoms with Crippen LogP contribution < -0.4 is 0 Å². The third kappa shape index (κ3) is 4.58. The molecule has 0 saturated carbocycles. The standard InChI is InChI=1S/C10H16N2O3/c1-8(10(13)14)5-3-2-4-6-9-12-11-7-15-9/h7-8H,2-6H2,1H3,(H,13,14). The zero-order chi connectivity index (χ0) is 11.1. The first-order valence-corrected chi connectivity index (χ1v) is 5.18. The molecule has 1 N–H and O–H groups in total. The maximum Gasteiger partial charge on any atom is 0.306 e.